The van der Waals surface area contributed by atoms with Crippen LogP contribution in [-0.2, 0) is 17.4 Å². The molecular weight excluding hydrogens is 359 g/mol. The van der Waals surface area contributed by atoms with E-state index >= 15 is 0 Å². The summed E-state index contributed by atoms with van der Waals surface area (Å²) in [6, 6.07) is 4.16. The molecule has 0 aliphatic heterocycles. The molecule has 0 spiro atoms. The van der Waals surface area contributed by atoms with Crippen molar-refractivity contribution in [1.82, 2.24) is 4.98 Å². The number of aromatic nitrogens is 1. The molecule has 1 heterocycles. The molecule has 1 saturated carbocycles. The van der Waals surface area contributed by atoms with Crippen LogP contribution in [0.25, 0.3) is 0 Å². The number of hydrogen-bond donors (Lipinski definition) is 1. The first-order valence-electron chi connectivity index (χ1n) is 7.29. The number of thiazole rings is 1. The fourth-order valence-electron chi connectivity index (χ4n) is 2.40. The number of nitro groups is 1. The van der Waals surface area contributed by atoms with Gasteiger partial charge in [0.15, 0.2) is 5.13 Å². The van der Waals surface area contributed by atoms with E-state index in [4.69, 9.17) is 0 Å². The third kappa shape index (κ3) is 4.13. The number of rotatable bonds is 5. The molecule has 132 valence electrons. The van der Waals surface area contributed by atoms with Crippen molar-refractivity contribution in [3.05, 3.63) is 56.6 Å². The maximum atomic E-state index is 12.7. The number of alkyl halides is 3. The quantitative estimate of drug-likeness (QED) is 0.645. The minimum Gasteiger partial charge on any atom is -0.301 e. The van der Waals surface area contributed by atoms with Crippen LogP contribution < -0.4 is 5.32 Å². The van der Waals surface area contributed by atoms with E-state index in [1.807, 2.05) is 0 Å². The number of hydrogen-bond acceptors (Lipinski definition) is 5. The predicted molar refractivity (Wildman–Crippen MR) is 83.9 cm³/mol. The molecule has 1 amide bonds. The van der Waals surface area contributed by atoms with Gasteiger partial charge in [-0.05, 0) is 11.6 Å². The van der Waals surface area contributed by atoms with Crippen molar-refractivity contribution in [3.8, 4) is 0 Å². The maximum Gasteiger partial charge on any atom is 0.416 e. The molecular formula is C15H12F3N3O3S. The molecule has 0 unspecified atom stereocenters. The smallest absolute Gasteiger partial charge is 0.301 e. The van der Waals surface area contributed by atoms with Crippen LogP contribution in [0, 0.1) is 16.0 Å². The van der Waals surface area contributed by atoms with Crippen LogP contribution in [0.5, 0.6) is 0 Å². The predicted octanol–water partition coefficient (Wildman–Crippen LogP) is 3.36. The Morgan fingerprint density at radius 1 is 1.44 bits per heavy atom. The lowest BCUT2D eigenvalue weighted by atomic mass is 10.1. The number of halogens is 3. The Bertz CT molecular complexity index is 822. The first-order valence-corrected chi connectivity index (χ1v) is 8.11. The fraction of sp³-hybridized carbons (Fsp3) is 0.333. The molecule has 3 rings (SSSR count). The van der Waals surface area contributed by atoms with E-state index in [9.17, 15) is 28.1 Å². The fourth-order valence-corrected chi connectivity index (χ4v) is 3.25. The minimum absolute atomic E-state index is 0.210. The molecule has 25 heavy (non-hydrogen) atoms. The van der Waals surface area contributed by atoms with Crippen LogP contribution >= 0.6 is 11.3 Å². The second-order valence-corrected chi connectivity index (χ2v) is 6.81. The Morgan fingerprint density at radius 3 is 2.84 bits per heavy atom. The van der Waals surface area contributed by atoms with Crippen molar-refractivity contribution < 1.29 is 22.9 Å². The summed E-state index contributed by atoms with van der Waals surface area (Å²) in [6.45, 7) is 0. The molecule has 10 heteroatoms. The summed E-state index contributed by atoms with van der Waals surface area (Å²) in [7, 11) is 0. The van der Waals surface area contributed by atoms with E-state index in [2.05, 4.69) is 10.3 Å². The zero-order valence-electron chi connectivity index (χ0n) is 12.6. The molecule has 1 aliphatic carbocycles. The summed E-state index contributed by atoms with van der Waals surface area (Å²) in [5.41, 5.74) is -0.241. The van der Waals surface area contributed by atoms with Gasteiger partial charge in [0.05, 0.1) is 5.56 Å². The van der Waals surface area contributed by atoms with Gasteiger partial charge in [0.2, 0.25) is 11.9 Å². The van der Waals surface area contributed by atoms with Gasteiger partial charge in [0, 0.05) is 28.8 Å². The van der Waals surface area contributed by atoms with Gasteiger partial charge >= 0.3 is 6.18 Å². The normalized spacial score (nSPS) is 19.5. The molecule has 0 bridgehead atoms. The standard InChI is InChI=1S/C15H12F3N3O3S/c16-15(17,18)9-3-1-2-8(4-9)5-10-7-19-14(25-10)20-13(22)11-6-12(11)21(23)24/h1-4,7,11-12H,5-6H2,(H,19,20,22)/t11-,12-/m1/s1. The lowest BCUT2D eigenvalue weighted by Gasteiger charge is -2.07. The highest BCUT2D eigenvalue weighted by Gasteiger charge is 2.53. The van der Waals surface area contributed by atoms with Crippen LogP contribution in [0.1, 0.15) is 22.4 Å². The Hall–Kier alpha value is -2.49. The van der Waals surface area contributed by atoms with E-state index in [0.717, 1.165) is 23.5 Å². The molecule has 2 atom stereocenters. The van der Waals surface area contributed by atoms with E-state index in [1.54, 1.807) is 6.07 Å². The van der Waals surface area contributed by atoms with Crippen molar-refractivity contribution in [2.24, 2.45) is 5.92 Å². The first kappa shape index (κ1) is 17.3. The zero-order chi connectivity index (χ0) is 18.2. The highest BCUT2D eigenvalue weighted by Crippen LogP contribution is 2.35. The topological polar surface area (TPSA) is 85.1 Å². The largest absolute Gasteiger partial charge is 0.416 e. The summed E-state index contributed by atoms with van der Waals surface area (Å²) in [5.74, 6) is -1.10. The third-order valence-electron chi connectivity index (χ3n) is 3.78. The van der Waals surface area contributed by atoms with E-state index in [-0.39, 0.29) is 18.0 Å². The van der Waals surface area contributed by atoms with Gasteiger partial charge in [-0.15, -0.1) is 11.3 Å². The summed E-state index contributed by atoms with van der Waals surface area (Å²) in [5, 5.41) is 13.4. The van der Waals surface area contributed by atoms with Gasteiger partial charge in [0.25, 0.3) is 0 Å². The van der Waals surface area contributed by atoms with Gasteiger partial charge in [-0.25, -0.2) is 4.98 Å². The third-order valence-corrected chi connectivity index (χ3v) is 4.69. The Labute approximate surface area is 143 Å². The lowest BCUT2D eigenvalue weighted by molar-refractivity contribution is -0.497. The van der Waals surface area contributed by atoms with Crippen molar-refractivity contribution in [3.63, 3.8) is 0 Å². The van der Waals surface area contributed by atoms with Crippen molar-refractivity contribution >= 4 is 22.4 Å². The summed E-state index contributed by atoms with van der Waals surface area (Å²) in [6.07, 6.45) is -2.47. The monoisotopic (exact) mass is 371 g/mol. The lowest BCUT2D eigenvalue weighted by Crippen LogP contribution is -2.18. The van der Waals surface area contributed by atoms with Gasteiger partial charge in [-0.2, -0.15) is 13.2 Å². The van der Waals surface area contributed by atoms with Crippen molar-refractivity contribution in [2.75, 3.05) is 5.32 Å². The number of carbonyl (C=O) groups excluding carboxylic acids is 1. The molecule has 0 radical (unpaired) electrons. The number of benzene rings is 1. The van der Waals surface area contributed by atoms with Gasteiger partial charge in [0.1, 0.15) is 5.92 Å². The summed E-state index contributed by atoms with van der Waals surface area (Å²) >= 11 is 1.13. The van der Waals surface area contributed by atoms with Gasteiger partial charge < -0.3 is 5.32 Å². The van der Waals surface area contributed by atoms with Gasteiger partial charge in [-0.1, -0.05) is 18.2 Å². The molecule has 0 saturated heterocycles. The Morgan fingerprint density at radius 2 is 2.20 bits per heavy atom. The first-order chi connectivity index (χ1) is 11.7. The van der Waals surface area contributed by atoms with E-state index in [1.165, 1.54) is 12.3 Å². The SMILES string of the molecule is O=C(Nc1ncc(Cc2cccc(C(F)(F)F)c2)s1)[C@@H]1C[C@H]1[N+](=O)[O-]. The van der Waals surface area contributed by atoms with Crippen LogP contribution in [0.3, 0.4) is 0 Å². The Kier molecular flexibility index (Phi) is 4.46. The minimum atomic E-state index is -4.40. The highest BCUT2D eigenvalue weighted by atomic mass is 32.1. The average Bonchev–Trinajstić information content (AvgIpc) is 3.23. The molecule has 1 aromatic carbocycles. The van der Waals surface area contributed by atoms with E-state index in [0.29, 0.717) is 10.4 Å². The number of anilines is 1. The average molecular weight is 371 g/mol. The van der Waals surface area contributed by atoms with Crippen LogP contribution in [0.2, 0.25) is 0 Å². The molecule has 1 N–H and O–H groups in total. The van der Waals surface area contributed by atoms with E-state index < -0.39 is 34.5 Å². The van der Waals surface area contributed by atoms with Crippen LogP contribution in [0.15, 0.2) is 30.5 Å². The van der Waals surface area contributed by atoms with Crippen LogP contribution in [-0.4, -0.2) is 21.9 Å². The number of carbonyl (C=O) groups is 1. The Balaban J connectivity index is 1.63. The van der Waals surface area contributed by atoms with Crippen LogP contribution in [0.4, 0.5) is 18.3 Å². The number of nitrogens with zero attached hydrogens (tertiary/aromatic N) is 2. The number of amides is 1. The molecule has 1 fully saturated rings. The number of nitrogens with one attached hydrogen (secondary N) is 1. The molecule has 2 aromatic rings. The van der Waals surface area contributed by atoms with Crippen molar-refractivity contribution in [2.45, 2.75) is 25.1 Å². The zero-order valence-corrected chi connectivity index (χ0v) is 13.4. The van der Waals surface area contributed by atoms with Crippen molar-refractivity contribution in [1.29, 1.82) is 0 Å². The molecule has 1 aliphatic rings. The molecule has 1 aromatic heterocycles. The highest BCUT2D eigenvalue weighted by molar-refractivity contribution is 7.15. The summed E-state index contributed by atoms with van der Waals surface area (Å²) < 4.78 is 38.2. The maximum absolute atomic E-state index is 12.7. The second-order valence-electron chi connectivity index (χ2n) is 5.69. The second kappa shape index (κ2) is 6.43. The van der Waals surface area contributed by atoms with Gasteiger partial charge in [-0.3, -0.25) is 14.9 Å². The summed E-state index contributed by atoms with van der Waals surface area (Å²) in [4.78, 5) is 26.6. The molecule has 6 nitrogen and oxygen atoms in total.